The van der Waals surface area contributed by atoms with Crippen molar-refractivity contribution in [2.75, 3.05) is 29.0 Å². The number of nitrogen functional groups attached to an aromatic ring is 1. The Morgan fingerprint density at radius 1 is 1.45 bits per heavy atom. The van der Waals surface area contributed by atoms with Gasteiger partial charge in [0.1, 0.15) is 10.7 Å². The molecular weight excluding hydrogens is 274 g/mol. The highest BCUT2D eigenvalue weighted by Crippen LogP contribution is 2.28. The number of aromatic nitrogens is 2. The van der Waals surface area contributed by atoms with Gasteiger partial charge in [-0.15, -0.1) is 0 Å². The van der Waals surface area contributed by atoms with Gasteiger partial charge in [0, 0.05) is 19.3 Å². The van der Waals surface area contributed by atoms with E-state index in [1.807, 2.05) is 13.8 Å². The number of hydrogen-bond donors (Lipinski definition) is 2. The molecule has 0 fully saturated rings. The van der Waals surface area contributed by atoms with Gasteiger partial charge in [0.25, 0.3) is 5.91 Å². The number of anilines is 3. The number of nitrogens with two attached hydrogens (primary N) is 1. The molecule has 3 N–H and O–H groups in total. The number of nitrogens with zero attached hydrogens (tertiary/aromatic N) is 3. The molecule has 0 spiro atoms. The zero-order valence-corrected chi connectivity index (χ0v) is 12.3. The fourth-order valence-electron chi connectivity index (χ4n) is 1.74. The predicted octanol–water partition coefficient (Wildman–Crippen LogP) is 2.22. The van der Waals surface area contributed by atoms with Crippen LogP contribution in [0.5, 0.6) is 0 Å². The smallest absolute Gasteiger partial charge is 0.269 e. The van der Waals surface area contributed by atoms with Gasteiger partial charge in [0.05, 0.1) is 11.9 Å². The predicted molar refractivity (Wildman–Crippen MR) is 82.3 cm³/mol. The van der Waals surface area contributed by atoms with E-state index in [2.05, 4.69) is 20.2 Å². The van der Waals surface area contributed by atoms with Gasteiger partial charge < -0.3 is 16.0 Å². The lowest BCUT2D eigenvalue weighted by Crippen LogP contribution is -2.21. The van der Waals surface area contributed by atoms with E-state index < -0.39 is 0 Å². The van der Waals surface area contributed by atoms with Crippen LogP contribution in [-0.4, -0.2) is 29.0 Å². The van der Waals surface area contributed by atoms with Crippen molar-refractivity contribution in [2.24, 2.45) is 0 Å². The van der Waals surface area contributed by atoms with E-state index in [0.29, 0.717) is 10.6 Å². The Labute approximate surface area is 121 Å². The molecule has 0 atom stereocenters. The number of nitrogens with one attached hydrogen (secondary N) is 1. The monoisotopic (exact) mass is 291 g/mol. The van der Waals surface area contributed by atoms with Crippen molar-refractivity contribution in [3.63, 3.8) is 0 Å². The maximum absolute atomic E-state index is 12.2. The first-order valence-electron chi connectivity index (χ1n) is 6.38. The number of carbonyl (C=O) groups excluding carboxylic acids is 1. The number of amides is 1. The van der Waals surface area contributed by atoms with Crippen molar-refractivity contribution < 1.29 is 4.79 Å². The minimum absolute atomic E-state index is 0.258. The first-order chi connectivity index (χ1) is 9.65. The molecule has 0 unspecified atom stereocenters. The fraction of sp³-hybridized carbons (Fsp3) is 0.308. The Hall–Kier alpha value is -2.15. The van der Waals surface area contributed by atoms with E-state index in [0.717, 1.165) is 18.2 Å². The second-order valence-electron chi connectivity index (χ2n) is 4.08. The second kappa shape index (κ2) is 6.33. The molecule has 0 aliphatic heterocycles. The van der Waals surface area contributed by atoms with Gasteiger partial charge in [0.15, 0.2) is 5.13 Å². The van der Waals surface area contributed by atoms with Crippen LogP contribution in [-0.2, 0) is 0 Å². The second-order valence-corrected chi connectivity index (χ2v) is 5.06. The molecule has 0 aliphatic rings. The average Bonchev–Trinajstić information content (AvgIpc) is 2.83. The van der Waals surface area contributed by atoms with Gasteiger partial charge in [-0.2, -0.15) is 0 Å². The molecule has 2 aromatic heterocycles. The summed E-state index contributed by atoms with van der Waals surface area (Å²) in [5, 5.41) is 3.53. The molecule has 0 bridgehead atoms. The zero-order valence-electron chi connectivity index (χ0n) is 11.5. The molecule has 6 nitrogen and oxygen atoms in total. The average molecular weight is 291 g/mol. The number of rotatable bonds is 5. The van der Waals surface area contributed by atoms with Crippen LogP contribution in [0.15, 0.2) is 24.5 Å². The summed E-state index contributed by atoms with van der Waals surface area (Å²) in [6.07, 6.45) is 3.23. The molecule has 0 saturated heterocycles. The molecule has 20 heavy (non-hydrogen) atoms. The van der Waals surface area contributed by atoms with Crippen LogP contribution in [0.1, 0.15) is 23.5 Å². The largest absolute Gasteiger partial charge is 0.382 e. The van der Waals surface area contributed by atoms with Gasteiger partial charge in [0.2, 0.25) is 0 Å². The van der Waals surface area contributed by atoms with Crippen molar-refractivity contribution in [3.05, 3.63) is 29.4 Å². The third-order valence-corrected chi connectivity index (χ3v) is 3.93. The Bertz CT molecular complexity index is 580. The van der Waals surface area contributed by atoms with E-state index in [-0.39, 0.29) is 11.7 Å². The summed E-state index contributed by atoms with van der Waals surface area (Å²) < 4.78 is 0. The third kappa shape index (κ3) is 3.05. The van der Waals surface area contributed by atoms with E-state index in [4.69, 9.17) is 5.73 Å². The first-order valence-corrected chi connectivity index (χ1v) is 7.20. The number of thiazole rings is 1. The highest BCUT2D eigenvalue weighted by atomic mass is 32.1. The molecule has 7 heteroatoms. The summed E-state index contributed by atoms with van der Waals surface area (Å²) in [4.78, 5) is 22.9. The lowest BCUT2D eigenvalue weighted by atomic mass is 10.4. The summed E-state index contributed by atoms with van der Waals surface area (Å²) in [6, 6.07) is 3.53. The molecule has 2 aromatic rings. The van der Waals surface area contributed by atoms with Crippen molar-refractivity contribution >= 4 is 33.9 Å². The van der Waals surface area contributed by atoms with Crippen molar-refractivity contribution in [3.8, 4) is 0 Å². The molecule has 0 radical (unpaired) electrons. The minimum Gasteiger partial charge on any atom is -0.382 e. The Morgan fingerprint density at radius 3 is 2.80 bits per heavy atom. The number of carbonyl (C=O) groups is 1. The third-order valence-electron chi connectivity index (χ3n) is 2.80. The molecule has 0 aliphatic carbocycles. The summed E-state index contributed by atoms with van der Waals surface area (Å²) in [5.41, 5.74) is 6.47. The van der Waals surface area contributed by atoms with E-state index in [1.54, 1.807) is 24.5 Å². The molecule has 106 valence electrons. The van der Waals surface area contributed by atoms with Gasteiger partial charge in [-0.25, -0.2) is 4.98 Å². The summed E-state index contributed by atoms with van der Waals surface area (Å²) in [7, 11) is 0. The number of hydrogen-bond acceptors (Lipinski definition) is 6. The summed E-state index contributed by atoms with van der Waals surface area (Å²) in [5.74, 6) is 0.00435. The molecule has 0 saturated carbocycles. The van der Waals surface area contributed by atoms with Gasteiger partial charge >= 0.3 is 0 Å². The molecule has 0 aromatic carbocycles. The van der Waals surface area contributed by atoms with E-state index >= 15 is 0 Å². The van der Waals surface area contributed by atoms with Crippen LogP contribution >= 0.6 is 11.3 Å². The Morgan fingerprint density at radius 2 is 2.20 bits per heavy atom. The highest BCUT2D eigenvalue weighted by Gasteiger charge is 2.18. The maximum atomic E-state index is 12.2. The van der Waals surface area contributed by atoms with Crippen molar-refractivity contribution in [1.29, 1.82) is 0 Å². The minimum atomic E-state index is -0.258. The summed E-state index contributed by atoms with van der Waals surface area (Å²) >= 11 is 1.30. The lowest BCUT2D eigenvalue weighted by molar-refractivity contribution is 0.103. The van der Waals surface area contributed by atoms with Gasteiger partial charge in [-0.05, 0) is 26.0 Å². The zero-order chi connectivity index (χ0) is 14.5. The van der Waals surface area contributed by atoms with Crippen LogP contribution in [0.4, 0.5) is 16.6 Å². The quantitative estimate of drug-likeness (QED) is 0.882. The topological polar surface area (TPSA) is 84.1 Å². The molecular formula is C13H17N5OS. The highest BCUT2D eigenvalue weighted by molar-refractivity contribution is 7.18. The van der Waals surface area contributed by atoms with Gasteiger partial charge in [-0.3, -0.25) is 9.78 Å². The van der Waals surface area contributed by atoms with E-state index in [1.165, 1.54) is 11.3 Å². The Balaban J connectivity index is 2.18. The van der Waals surface area contributed by atoms with Gasteiger partial charge in [-0.1, -0.05) is 11.3 Å². The SMILES string of the molecule is CCN(CC)c1nc(N)c(C(=O)Nc2cccnc2)s1. The van der Waals surface area contributed by atoms with Crippen LogP contribution < -0.4 is 16.0 Å². The molecule has 1 amide bonds. The summed E-state index contributed by atoms with van der Waals surface area (Å²) in [6.45, 7) is 5.73. The first kappa shape index (κ1) is 14.3. The lowest BCUT2D eigenvalue weighted by Gasteiger charge is -2.16. The number of pyridine rings is 1. The Kier molecular flexibility index (Phi) is 4.52. The van der Waals surface area contributed by atoms with Crippen LogP contribution in [0, 0.1) is 0 Å². The normalized spacial score (nSPS) is 10.3. The fourth-order valence-corrected chi connectivity index (χ4v) is 2.74. The van der Waals surface area contributed by atoms with E-state index in [9.17, 15) is 4.79 Å². The standard InChI is InChI=1S/C13H17N5OS/c1-3-18(4-2)13-17-11(14)10(20-13)12(19)16-9-6-5-7-15-8-9/h5-8H,3-4,14H2,1-2H3,(H,16,19). The van der Waals surface area contributed by atoms with Crippen LogP contribution in [0.25, 0.3) is 0 Å². The van der Waals surface area contributed by atoms with Crippen LogP contribution in [0.2, 0.25) is 0 Å². The molecule has 2 heterocycles. The maximum Gasteiger partial charge on any atom is 0.269 e. The van der Waals surface area contributed by atoms with Crippen LogP contribution in [0.3, 0.4) is 0 Å². The van der Waals surface area contributed by atoms with Crippen molar-refractivity contribution in [2.45, 2.75) is 13.8 Å². The van der Waals surface area contributed by atoms with Crippen molar-refractivity contribution in [1.82, 2.24) is 9.97 Å². The molecule has 2 rings (SSSR count).